The van der Waals surface area contributed by atoms with Crippen LogP contribution in [0.25, 0.3) is 10.6 Å². The van der Waals surface area contributed by atoms with Gasteiger partial charge in [-0.05, 0) is 43.3 Å². The van der Waals surface area contributed by atoms with Crippen molar-refractivity contribution in [2.45, 2.75) is 6.92 Å². The Morgan fingerprint density at radius 1 is 1.07 bits per heavy atom. The first kappa shape index (κ1) is 18.7. The number of ether oxygens (including phenoxy) is 3. The highest BCUT2D eigenvalue weighted by molar-refractivity contribution is 7.13. The first-order valence-corrected chi connectivity index (χ1v) is 9.24. The average Bonchev–Trinajstić information content (AvgIpc) is 3.19. The van der Waals surface area contributed by atoms with Crippen LogP contribution in [-0.4, -0.2) is 31.7 Å². The van der Waals surface area contributed by atoms with Crippen molar-refractivity contribution in [2.75, 3.05) is 26.1 Å². The second-order valence-electron chi connectivity index (χ2n) is 5.52. The van der Waals surface area contributed by atoms with Crippen molar-refractivity contribution in [3.8, 4) is 27.8 Å². The molecule has 0 saturated carbocycles. The van der Waals surface area contributed by atoms with Crippen LogP contribution in [0.4, 0.5) is 5.69 Å². The van der Waals surface area contributed by atoms with Gasteiger partial charge in [-0.15, -0.1) is 11.3 Å². The lowest BCUT2D eigenvalue weighted by Gasteiger charge is -2.10. The number of rotatable bonds is 7. The normalized spacial score (nSPS) is 10.3. The van der Waals surface area contributed by atoms with Crippen LogP contribution in [0.5, 0.6) is 17.2 Å². The number of amides is 1. The quantitative estimate of drug-likeness (QED) is 0.650. The molecular weight excluding hydrogens is 364 g/mol. The van der Waals surface area contributed by atoms with Gasteiger partial charge >= 0.3 is 0 Å². The molecule has 1 heterocycles. The molecule has 3 aromatic rings. The first-order valence-electron chi connectivity index (χ1n) is 8.36. The van der Waals surface area contributed by atoms with Crippen molar-refractivity contribution in [1.82, 2.24) is 4.98 Å². The van der Waals surface area contributed by atoms with Gasteiger partial charge in [0.2, 0.25) is 0 Å². The third-order valence-electron chi connectivity index (χ3n) is 3.80. The van der Waals surface area contributed by atoms with Gasteiger partial charge in [0, 0.05) is 17.0 Å². The molecule has 0 atom stereocenters. The molecule has 1 amide bonds. The lowest BCUT2D eigenvalue weighted by Crippen LogP contribution is -2.13. The number of anilines is 1. The summed E-state index contributed by atoms with van der Waals surface area (Å²) in [5, 5.41) is 5.32. The van der Waals surface area contributed by atoms with Crippen LogP contribution in [0, 0.1) is 0 Å². The van der Waals surface area contributed by atoms with Gasteiger partial charge in [-0.3, -0.25) is 4.79 Å². The number of hydrogen-bond acceptors (Lipinski definition) is 6. The largest absolute Gasteiger partial charge is 0.497 e. The van der Waals surface area contributed by atoms with Crippen molar-refractivity contribution in [3.05, 3.63) is 53.5 Å². The summed E-state index contributed by atoms with van der Waals surface area (Å²) in [5.41, 5.74) is 1.80. The number of nitrogens with one attached hydrogen (secondary N) is 1. The molecule has 0 unspecified atom stereocenters. The molecular formula is C20H20N2O4S. The van der Waals surface area contributed by atoms with Crippen molar-refractivity contribution in [1.29, 1.82) is 0 Å². The molecule has 0 saturated heterocycles. The van der Waals surface area contributed by atoms with E-state index in [0.29, 0.717) is 29.5 Å². The van der Waals surface area contributed by atoms with Gasteiger partial charge in [0.05, 0.1) is 26.5 Å². The van der Waals surface area contributed by atoms with Gasteiger partial charge in [-0.2, -0.15) is 0 Å². The van der Waals surface area contributed by atoms with Crippen LogP contribution < -0.4 is 19.5 Å². The highest BCUT2D eigenvalue weighted by Gasteiger charge is 2.15. The van der Waals surface area contributed by atoms with E-state index in [9.17, 15) is 4.79 Å². The van der Waals surface area contributed by atoms with Crippen molar-refractivity contribution in [3.63, 3.8) is 0 Å². The first-order chi connectivity index (χ1) is 13.1. The van der Waals surface area contributed by atoms with E-state index in [1.165, 1.54) is 11.3 Å². The Labute approximate surface area is 161 Å². The zero-order chi connectivity index (χ0) is 19.2. The molecule has 6 nitrogen and oxygen atoms in total. The van der Waals surface area contributed by atoms with Crippen LogP contribution >= 0.6 is 11.3 Å². The maximum absolute atomic E-state index is 12.6. The SMILES string of the molecule is CCOc1ccc(-c2nc(C(=O)Nc3cc(OC)ccc3OC)cs2)cc1. The molecule has 0 radical (unpaired) electrons. The monoisotopic (exact) mass is 384 g/mol. The fourth-order valence-electron chi connectivity index (χ4n) is 2.47. The smallest absolute Gasteiger partial charge is 0.275 e. The molecule has 1 N–H and O–H groups in total. The highest BCUT2D eigenvalue weighted by atomic mass is 32.1. The van der Waals surface area contributed by atoms with E-state index < -0.39 is 0 Å². The number of thiazole rings is 1. The van der Waals surface area contributed by atoms with Gasteiger partial charge in [-0.25, -0.2) is 4.98 Å². The van der Waals surface area contributed by atoms with Crippen molar-refractivity contribution >= 4 is 22.9 Å². The maximum Gasteiger partial charge on any atom is 0.275 e. The Morgan fingerprint density at radius 2 is 1.81 bits per heavy atom. The van der Waals surface area contributed by atoms with Crippen LogP contribution in [0.15, 0.2) is 47.8 Å². The molecule has 140 valence electrons. The molecule has 7 heteroatoms. The van der Waals surface area contributed by atoms with Crippen LogP contribution in [0.3, 0.4) is 0 Å². The van der Waals surface area contributed by atoms with Gasteiger partial charge in [0.1, 0.15) is 28.0 Å². The minimum atomic E-state index is -0.310. The number of methoxy groups -OCH3 is 2. The summed E-state index contributed by atoms with van der Waals surface area (Å²) < 4.78 is 15.9. The van der Waals surface area contributed by atoms with E-state index in [0.717, 1.165) is 16.3 Å². The molecule has 27 heavy (non-hydrogen) atoms. The fourth-order valence-corrected chi connectivity index (χ4v) is 3.28. The number of nitrogens with zero attached hydrogens (tertiary/aromatic N) is 1. The summed E-state index contributed by atoms with van der Waals surface area (Å²) in [6.45, 7) is 2.56. The standard InChI is InChI=1S/C20H20N2O4S/c1-4-26-14-7-5-13(6-8-14)20-22-17(12-27-20)19(23)21-16-11-15(24-2)9-10-18(16)25-3/h5-12H,4H2,1-3H3,(H,21,23). The van der Waals surface area contributed by atoms with Gasteiger partial charge in [-0.1, -0.05) is 0 Å². The minimum Gasteiger partial charge on any atom is -0.497 e. The summed E-state index contributed by atoms with van der Waals surface area (Å²) >= 11 is 1.41. The van der Waals surface area contributed by atoms with Gasteiger partial charge in [0.25, 0.3) is 5.91 Å². The molecule has 0 aliphatic carbocycles. The molecule has 0 fully saturated rings. The topological polar surface area (TPSA) is 69.7 Å². The number of hydrogen-bond donors (Lipinski definition) is 1. The van der Waals surface area contributed by atoms with E-state index in [1.54, 1.807) is 37.8 Å². The Balaban J connectivity index is 1.77. The lowest BCUT2D eigenvalue weighted by molar-refractivity contribution is 0.102. The van der Waals surface area contributed by atoms with E-state index in [1.807, 2.05) is 31.2 Å². The summed E-state index contributed by atoms with van der Waals surface area (Å²) in [4.78, 5) is 17.0. The average molecular weight is 384 g/mol. The second kappa shape index (κ2) is 8.55. The van der Waals surface area contributed by atoms with Crippen LogP contribution in [0.2, 0.25) is 0 Å². The van der Waals surface area contributed by atoms with Crippen LogP contribution in [0.1, 0.15) is 17.4 Å². The van der Waals surface area contributed by atoms with Crippen molar-refractivity contribution < 1.29 is 19.0 Å². The molecule has 0 bridgehead atoms. The lowest BCUT2D eigenvalue weighted by atomic mass is 10.2. The minimum absolute atomic E-state index is 0.310. The predicted octanol–water partition coefficient (Wildman–Crippen LogP) is 4.48. The van der Waals surface area contributed by atoms with E-state index in [2.05, 4.69) is 10.3 Å². The van der Waals surface area contributed by atoms with E-state index >= 15 is 0 Å². The Kier molecular flexibility index (Phi) is 5.93. The predicted molar refractivity (Wildman–Crippen MR) is 106 cm³/mol. The zero-order valence-corrected chi connectivity index (χ0v) is 16.1. The van der Waals surface area contributed by atoms with E-state index in [4.69, 9.17) is 14.2 Å². The summed E-state index contributed by atoms with van der Waals surface area (Å²) in [7, 11) is 3.11. The molecule has 1 aromatic heterocycles. The van der Waals surface area contributed by atoms with E-state index in [-0.39, 0.29) is 5.91 Å². The Bertz CT molecular complexity index is 922. The molecule has 2 aromatic carbocycles. The van der Waals surface area contributed by atoms with Gasteiger partial charge in [0.15, 0.2) is 0 Å². The number of aromatic nitrogens is 1. The summed E-state index contributed by atoms with van der Waals surface area (Å²) in [5.74, 6) is 1.67. The third-order valence-corrected chi connectivity index (χ3v) is 4.70. The second-order valence-corrected chi connectivity index (χ2v) is 6.37. The molecule has 0 aliphatic rings. The highest BCUT2D eigenvalue weighted by Crippen LogP contribution is 2.30. The number of benzene rings is 2. The molecule has 0 aliphatic heterocycles. The summed E-state index contributed by atoms with van der Waals surface area (Å²) in [6.07, 6.45) is 0. The number of carbonyl (C=O) groups is 1. The molecule has 0 spiro atoms. The fraction of sp³-hybridized carbons (Fsp3) is 0.200. The van der Waals surface area contributed by atoms with Crippen LogP contribution in [-0.2, 0) is 0 Å². The van der Waals surface area contributed by atoms with Gasteiger partial charge < -0.3 is 19.5 Å². The Hall–Kier alpha value is -3.06. The third kappa shape index (κ3) is 4.38. The Morgan fingerprint density at radius 3 is 2.48 bits per heavy atom. The maximum atomic E-state index is 12.6. The van der Waals surface area contributed by atoms with Crippen molar-refractivity contribution in [2.24, 2.45) is 0 Å². The molecule has 3 rings (SSSR count). The number of carbonyl (C=O) groups excluding carboxylic acids is 1. The zero-order valence-electron chi connectivity index (χ0n) is 15.3. The summed E-state index contributed by atoms with van der Waals surface area (Å²) in [6, 6.07) is 12.8.